The van der Waals surface area contributed by atoms with Gasteiger partial charge in [0.25, 0.3) is 5.91 Å². The van der Waals surface area contributed by atoms with Crippen molar-refractivity contribution >= 4 is 17.5 Å². The van der Waals surface area contributed by atoms with E-state index >= 15 is 0 Å². The van der Waals surface area contributed by atoms with Crippen LogP contribution in [-0.4, -0.2) is 26.2 Å². The van der Waals surface area contributed by atoms with Crippen LogP contribution in [0.25, 0.3) is 0 Å². The van der Waals surface area contributed by atoms with Crippen molar-refractivity contribution in [1.82, 2.24) is 5.32 Å². The van der Waals surface area contributed by atoms with Crippen LogP contribution in [0.3, 0.4) is 0 Å². The lowest BCUT2D eigenvalue weighted by atomic mass is 9.79. The van der Waals surface area contributed by atoms with E-state index in [4.69, 9.17) is 21.1 Å². The first kappa shape index (κ1) is 16.1. The normalized spacial score (nSPS) is 33.4. The van der Waals surface area contributed by atoms with Gasteiger partial charge in [0.15, 0.2) is 11.5 Å². The molecule has 3 aliphatic rings. The molecule has 2 bridgehead atoms. The molecule has 0 aliphatic heterocycles. The van der Waals surface area contributed by atoms with Crippen LogP contribution >= 0.6 is 11.6 Å². The van der Waals surface area contributed by atoms with E-state index in [1.54, 1.807) is 19.2 Å². The van der Waals surface area contributed by atoms with Gasteiger partial charge in [-0.3, -0.25) is 4.79 Å². The molecule has 5 atom stereocenters. The maximum atomic E-state index is 12.7. The Morgan fingerprint density at radius 2 is 1.92 bits per heavy atom. The Hall–Kier alpha value is -1.42. The summed E-state index contributed by atoms with van der Waals surface area (Å²) in [5.74, 6) is 4.14. The first-order valence-corrected chi connectivity index (χ1v) is 9.22. The van der Waals surface area contributed by atoms with E-state index in [2.05, 4.69) is 5.32 Å². The standard InChI is InChI=1S/C19H24ClNO3/c1-23-17-9-11(7-15(20)18(17)24-2)19(22)21-16-8-10-6-14(16)13-5-3-4-12(10)13/h7,9-10,12-14,16H,3-6,8H2,1-2H3,(H,21,22). The Balaban J connectivity index is 1.50. The Labute approximate surface area is 147 Å². The fourth-order valence-electron chi connectivity index (χ4n) is 5.53. The zero-order valence-corrected chi connectivity index (χ0v) is 14.9. The molecular weight excluding hydrogens is 326 g/mol. The van der Waals surface area contributed by atoms with Crippen molar-refractivity contribution in [3.8, 4) is 11.5 Å². The zero-order chi connectivity index (χ0) is 16.8. The molecule has 5 heteroatoms. The van der Waals surface area contributed by atoms with Gasteiger partial charge in [-0.2, -0.15) is 0 Å². The largest absolute Gasteiger partial charge is 0.493 e. The van der Waals surface area contributed by atoms with Gasteiger partial charge in [-0.05, 0) is 61.5 Å². The van der Waals surface area contributed by atoms with Crippen molar-refractivity contribution in [2.45, 2.75) is 38.1 Å². The smallest absolute Gasteiger partial charge is 0.251 e. The van der Waals surface area contributed by atoms with Crippen molar-refractivity contribution in [3.63, 3.8) is 0 Å². The van der Waals surface area contributed by atoms with Crippen molar-refractivity contribution in [2.24, 2.45) is 23.7 Å². The summed E-state index contributed by atoms with van der Waals surface area (Å²) in [5, 5.41) is 3.66. The van der Waals surface area contributed by atoms with Crippen molar-refractivity contribution in [1.29, 1.82) is 0 Å². The summed E-state index contributed by atoms with van der Waals surface area (Å²) in [6, 6.07) is 3.67. The molecule has 3 fully saturated rings. The molecule has 1 aromatic rings. The highest BCUT2D eigenvalue weighted by molar-refractivity contribution is 6.32. The van der Waals surface area contributed by atoms with Crippen LogP contribution in [0.2, 0.25) is 5.02 Å². The predicted molar refractivity (Wildman–Crippen MR) is 92.9 cm³/mol. The lowest BCUT2D eigenvalue weighted by Gasteiger charge is -2.32. The van der Waals surface area contributed by atoms with Gasteiger partial charge in [-0.25, -0.2) is 0 Å². The monoisotopic (exact) mass is 349 g/mol. The maximum absolute atomic E-state index is 12.7. The molecule has 24 heavy (non-hydrogen) atoms. The minimum atomic E-state index is -0.0649. The number of carbonyl (C=O) groups excluding carboxylic acids is 1. The third-order valence-electron chi connectivity index (χ3n) is 6.44. The molecule has 1 N–H and O–H groups in total. The number of rotatable bonds is 4. The van der Waals surface area contributed by atoms with Crippen LogP contribution in [0.15, 0.2) is 12.1 Å². The summed E-state index contributed by atoms with van der Waals surface area (Å²) in [4.78, 5) is 12.7. The van der Waals surface area contributed by atoms with Gasteiger partial charge < -0.3 is 14.8 Å². The first-order chi connectivity index (χ1) is 11.6. The molecule has 0 saturated heterocycles. The summed E-state index contributed by atoms with van der Waals surface area (Å²) in [5.41, 5.74) is 0.531. The van der Waals surface area contributed by atoms with E-state index in [0.29, 0.717) is 34.0 Å². The Kier molecular flexibility index (Phi) is 4.11. The molecule has 0 radical (unpaired) electrons. The number of ether oxygens (including phenoxy) is 2. The number of benzene rings is 1. The number of amides is 1. The van der Waals surface area contributed by atoms with E-state index in [0.717, 1.165) is 24.2 Å². The summed E-state index contributed by atoms with van der Waals surface area (Å²) in [6.45, 7) is 0. The van der Waals surface area contributed by atoms with Gasteiger partial charge in [0, 0.05) is 11.6 Å². The molecule has 5 unspecified atom stereocenters. The van der Waals surface area contributed by atoms with E-state index < -0.39 is 0 Å². The van der Waals surface area contributed by atoms with E-state index in [-0.39, 0.29) is 5.91 Å². The second kappa shape index (κ2) is 6.14. The topological polar surface area (TPSA) is 47.6 Å². The van der Waals surface area contributed by atoms with Crippen LogP contribution in [0.4, 0.5) is 0 Å². The highest BCUT2D eigenvalue weighted by Crippen LogP contribution is 2.58. The molecule has 3 saturated carbocycles. The van der Waals surface area contributed by atoms with Gasteiger partial charge in [-0.1, -0.05) is 18.0 Å². The second-order valence-electron chi connectivity index (χ2n) is 7.43. The zero-order valence-electron chi connectivity index (χ0n) is 14.2. The quantitative estimate of drug-likeness (QED) is 0.896. The van der Waals surface area contributed by atoms with Crippen molar-refractivity contribution in [3.05, 3.63) is 22.7 Å². The van der Waals surface area contributed by atoms with Gasteiger partial charge >= 0.3 is 0 Å². The maximum Gasteiger partial charge on any atom is 0.251 e. The third-order valence-corrected chi connectivity index (χ3v) is 6.72. The molecule has 0 heterocycles. The molecular formula is C19H24ClNO3. The lowest BCUT2D eigenvalue weighted by Crippen LogP contribution is -2.42. The molecule has 1 amide bonds. The van der Waals surface area contributed by atoms with Crippen LogP contribution in [-0.2, 0) is 0 Å². The van der Waals surface area contributed by atoms with Crippen LogP contribution < -0.4 is 14.8 Å². The van der Waals surface area contributed by atoms with E-state index in [1.165, 1.54) is 32.8 Å². The fraction of sp³-hybridized carbons (Fsp3) is 0.632. The number of carbonyl (C=O) groups is 1. The molecule has 4 nitrogen and oxygen atoms in total. The number of halogens is 1. The summed E-state index contributed by atoms with van der Waals surface area (Å²) >= 11 is 6.23. The van der Waals surface area contributed by atoms with Crippen molar-refractivity contribution < 1.29 is 14.3 Å². The minimum absolute atomic E-state index is 0.0649. The van der Waals surface area contributed by atoms with E-state index in [1.807, 2.05) is 0 Å². The first-order valence-electron chi connectivity index (χ1n) is 8.84. The minimum Gasteiger partial charge on any atom is -0.493 e. The Morgan fingerprint density at radius 1 is 1.12 bits per heavy atom. The van der Waals surface area contributed by atoms with Crippen LogP contribution in [0, 0.1) is 23.7 Å². The number of hydrogen-bond donors (Lipinski definition) is 1. The van der Waals surface area contributed by atoms with Gasteiger partial charge in [-0.15, -0.1) is 0 Å². The number of nitrogens with one attached hydrogen (secondary N) is 1. The number of fused-ring (bicyclic) bond motifs is 5. The summed E-state index contributed by atoms with van der Waals surface area (Å²) < 4.78 is 10.5. The molecule has 1 aromatic carbocycles. The fourth-order valence-corrected chi connectivity index (χ4v) is 5.82. The highest BCUT2D eigenvalue weighted by Gasteiger charge is 2.54. The predicted octanol–water partition coefficient (Wildman–Crippen LogP) is 3.91. The van der Waals surface area contributed by atoms with Crippen LogP contribution in [0.1, 0.15) is 42.5 Å². The van der Waals surface area contributed by atoms with Gasteiger partial charge in [0.05, 0.1) is 19.2 Å². The highest BCUT2D eigenvalue weighted by atomic mass is 35.5. The summed E-state index contributed by atoms with van der Waals surface area (Å²) in [7, 11) is 3.09. The van der Waals surface area contributed by atoms with Crippen LogP contribution in [0.5, 0.6) is 11.5 Å². The number of methoxy groups -OCH3 is 2. The lowest BCUT2D eigenvalue weighted by molar-refractivity contribution is 0.0900. The number of hydrogen-bond acceptors (Lipinski definition) is 3. The summed E-state index contributed by atoms with van der Waals surface area (Å²) in [6.07, 6.45) is 6.55. The molecule has 0 aromatic heterocycles. The molecule has 3 aliphatic carbocycles. The average Bonchev–Trinajstić information content (AvgIpc) is 3.26. The van der Waals surface area contributed by atoms with Gasteiger partial charge in [0.1, 0.15) is 0 Å². The third kappa shape index (κ3) is 2.46. The van der Waals surface area contributed by atoms with Gasteiger partial charge in [0.2, 0.25) is 0 Å². The van der Waals surface area contributed by atoms with E-state index in [9.17, 15) is 4.79 Å². The Morgan fingerprint density at radius 3 is 2.67 bits per heavy atom. The average molecular weight is 350 g/mol. The molecule has 4 rings (SSSR count). The SMILES string of the molecule is COc1cc(C(=O)NC2CC3CC2C2CCCC32)cc(Cl)c1OC. The second-order valence-corrected chi connectivity index (χ2v) is 7.83. The Bertz CT molecular complexity index is 662. The molecule has 130 valence electrons. The molecule has 0 spiro atoms. The van der Waals surface area contributed by atoms with Crippen molar-refractivity contribution in [2.75, 3.05) is 14.2 Å².